The molecule has 1 aliphatic rings. The Labute approximate surface area is 122 Å². The molecular formula is C14H18ClFN2O2. The standard InChI is InChI=1S/C14H18ClFN2O2/c15-10-3-4-13(16)12(8-10)14(20)18(6-7-19)9-11-2-1-5-17-11/h3-4,8,11,17,19H,1-2,5-7,9H2. The molecule has 2 rings (SSSR count). The predicted octanol–water partition coefficient (Wildman–Crippen LogP) is 1.67. The molecule has 1 amide bonds. The maximum atomic E-state index is 13.7. The molecule has 1 fully saturated rings. The fraction of sp³-hybridized carbons (Fsp3) is 0.500. The van der Waals surface area contributed by atoms with E-state index in [1.54, 1.807) is 0 Å². The lowest BCUT2D eigenvalue weighted by atomic mass is 10.1. The van der Waals surface area contributed by atoms with Gasteiger partial charge in [0.1, 0.15) is 5.82 Å². The monoisotopic (exact) mass is 300 g/mol. The summed E-state index contributed by atoms with van der Waals surface area (Å²) in [7, 11) is 0. The molecule has 20 heavy (non-hydrogen) atoms. The smallest absolute Gasteiger partial charge is 0.257 e. The van der Waals surface area contributed by atoms with Gasteiger partial charge in [0.15, 0.2) is 0 Å². The molecular weight excluding hydrogens is 283 g/mol. The Balaban J connectivity index is 2.14. The summed E-state index contributed by atoms with van der Waals surface area (Å²) in [4.78, 5) is 13.9. The fourth-order valence-corrected chi connectivity index (χ4v) is 2.58. The number of hydrogen-bond acceptors (Lipinski definition) is 3. The van der Waals surface area contributed by atoms with Gasteiger partial charge in [-0.2, -0.15) is 0 Å². The van der Waals surface area contributed by atoms with Crippen molar-refractivity contribution in [3.63, 3.8) is 0 Å². The van der Waals surface area contributed by atoms with Crippen molar-refractivity contribution in [2.45, 2.75) is 18.9 Å². The zero-order chi connectivity index (χ0) is 14.5. The highest BCUT2D eigenvalue weighted by Gasteiger charge is 2.24. The number of nitrogens with one attached hydrogen (secondary N) is 1. The molecule has 1 atom stereocenters. The zero-order valence-corrected chi connectivity index (χ0v) is 11.9. The molecule has 0 aliphatic carbocycles. The molecule has 1 aliphatic heterocycles. The van der Waals surface area contributed by atoms with Crippen LogP contribution >= 0.6 is 11.6 Å². The van der Waals surface area contributed by atoms with Gasteiger partial charge in [-0.05, 0) is 37.6 Å². The summed E-state index contributed by atoms with van der Waals surface area (Å²) in [5, 5.41) is 12.7. The van der Waals surface area contributed by atoms with Gasteiger partial charge in [-0.15, -0.1) is 0 Å². The Bertz CT molecular complexity index is 478. The van der Waals surface area contributed by atoms with Gasteiger partial charge in [0.2, 0.25) is 0 Å². The molecule has 0 radical (unpaired) electrons. The first-order chi connectivity index (χ1) is 9.61. The lowest BCUT2D eigenvalue weighted by molar-refractivity contribution is 0.0702. The number of halogens is 2. The third kappa shape index (κ3) is 3.69. The second-order valence-electron chi connectivity index (χ2n) is 4.89. The number of rotatable bonds is 5. The molecule has 2 N–H and O–H groups in total. The highest BCUT2D eigenvalue weighted by atomic mass is 35.5. The van der Waals surface area contributed by atoms with Gasteiger partial charge in [0.05, 0.1) is 12.2 Å². The topological polar surface area (TPSA) is 52.6 Å². The number of aliphatic hydroxyl groups excluding tert-OH is 1. The quantitative estimate of drug-likeness (QED) is 0.870. The third-order valence-electron chi connectivity index (χ3n) is 3.42. The van der Waals surface area contributed by atoms with E-state index in [9.17, 15) is 9.18 Å². The van der Waals surface area contributed by atoms with E-state index in [4.69, 9.17) is 16.7 Å². The average Bonchev–Trinajstić information content (AvgIpc) is 2.93. The highest BCUT2D eigenvalue weighted by molar-refractivity contribution is 6.31. The van der Waals surface area contributed by atoms with E-state index in [-0.39, 0.29) is 24.8 Å². The first-order valence-corrected chi connectivity index (χ1v) is 7.08. The summed E-state index contributed by atoms with van der Waals surface area (Å²) in [6.45, 7) is 1.42. The number of benzene rings is 1. The average molecular weight is 301 g/mol. The minimum absolute atomic E-state index is 0.0519. The van der Waals surface area contributed by atoms with E-state index in [2.05, 4.69) is 5.32 Å². The van der Waals surface area contributed by atoms with Gasteiger partial charge in [-0.3, -0.25) is 4.79 Å². The third-order valence-corrected chi connectivity index (χ3v) is 3.65. The number of nitrogens with zero attached hydrogens (tertiary/aromatic N) is 1. The van der Waals surface area contributed by atoms with Crippen molar-refractivity contribution in [3.8, 4) is 0 Å². The lowest BCUT2D eigenvalue weighted by Crippen LogP contribution is -2.42. The Morgan fingerprint density at radius 1 is 1.55 bits per heavy atom. The minimum Gasteiger partial charge on any atom is -0.395 e. The Kier molecular flexibility index (Phi) is 5.34. The first-order valence-electron chi connectivity index (χ1n) is 6.70. The number of hydrogen-bond donors (Lipinski definition) is 2. The van der Waals surface area contributed by atoms with Crippen molar-refractivity contribution >= 4 is 17.5 Å². The number of carbonyl (C=O) groups excluding carboxylic acids is 1. The Morgan fingerprint density at radius 2 is 2.35 bits per heavy atom. The summed E-state index contributed by atoms with van der Waals surface area (Å²) >= 11 is 5.81. The molecule has 1 aromatic carbocycles. The second-order valence-corrected chi connectivity index (χ2v) is 5.33. The van der Waals surface area contributed by atoms with Crippen LogP contribution in [0.4, 0.5) is 4.39 Å². The maximum Gasteiger partial charge on any atom is 0.257 e. The summed E-state index contributed by atoms with van der Waals surface area (Å²) in [5.41, 5.74) is -0.0519. The fourth-order valence-electron chi connectivity index (χ4n) is 2.41. The lowest BCUT2D eigenvalue weighted by Gasteiger charge is -2.25. The van der Waals surface area contributed by atoms with E-state index in [0.717, 1.165) is 19.4 Å². The summed E-state index contributed by atoms with van der Waals surface area (Å²) < 4.78 is 13.7. The summed E-state index contributed by atoms with van der Waals surface area (Å²) in [6, 6.07) is 4.11. The van der Waals surface area contributed by atoms with Crippen LogP contribution in [0, 0.1) is 5.82 Å². The van der Waals surface area contributed by atoms with Gasteiger partial charge in [-0.25, -0.2) is 4.39 Å². The molecule has 4 nitrogen and oxygen atoms in total. The molecule has 1 heterocycles. The van der Waals surface area contributed by atoms with Gasteiger partial charge < -0.3 is 15.3 Å². The van der Waals surface area contributed by atoms with Crippen LogP contribution in [0.5, 0.6) is 0 Å². The largest absolute Gasteiger partial charge is 0.395 e. The van der Waals surface area contributed by atoms with Crippen molar-refractivity contribution in [1.29, 1.82) is 0 Å². The van der Waals surface area contributed by atoms with Crippen LogP contribution in [0.1, 0.15) is 23.2 Å². The molecule has 0 spiro atoms. The maximum absolute atomic E-state index is 13.7. The highest BCUT2D eigenvalue weighted by Crippen LogP contribution is 2.17. The second kappa shape index (κ2) is 7.02. The predicted molar refractivity (Wildman–Crippen MR) is 75.4 cm³/mol. The van der Waals surface area contributed by atoms with Crippen LogP contribution in [0.15, 0.2) is 18.2 Å². The van der Waals surface area contributed by atoms with Gasteiger partial charge >= 0.3 is 0 Å². The van der Waals surface area contributed by atoms with Crippen LogP contribution in [-0.2, 0) is 0 Å². The van der Waals surface area contributed by atoms with Crippen molar-refractivity contribution in [3.05, 3.63) is 34.6 Å². The van der Waals surface area contributed by atoms with Crippen molar-refractivity contribution < 1.29 is 14.3 Å². The molecule has 0 aromatic heterocycles. The van der Waals surface area contributed by atoms with Crippen LogP contribution in [0.2, 0.25) is 5.02 Å². The molecule has 1 unspecified atom stereocenters. The number of carbonyl (C=O) groups is 1. The van der Waals surface area contributed by atoms with Gasteiger partial charge in [0.25, 0.3) is 5.91 Å². The molecule has 6 heteroatoms. The first kappa shape index (κ1) is 15.2. The van der Waals surface area contributed by atoms with E-state index in [0.29, 0.717) is 11.6 Å². The van der Waals surface area contributed by atoms with Crippen molar-refractivity contribution in [1.82, 2.24) is 10.2 Å². The molecule has 1 aromatic rings. The molecule has 0 saturated carbocycles. The molecule has 0 bridgehead atoms. The van der Waals surface area contributed by atoms with E-state index in [1.165, 1.54) is 23.1 Å². The number of amides is 1. The Hall–Kier alpha value is -1.17. The Morgan fingerprint density at radius 3 is 3.00 bits per heavy atom. The van der Waals surface area contributed by atoms with Crippen LogP contribution < -0.4 is 5.32 Å². The molecule has 110 valence electrons. The summed E-state index contributed by atoms with van der Waals surface area (Å²) in [6.07, 6.45) is 2.05. The molecule has 1 saturated heterocycles. The number of aliphatic hydroxyl groups is 1. The van der Waals surface area contributed by atoms with Gasteiger partial charge in [-0.1, -0.05) is 11.6 Å². The van der Waals surface area contributed by atoms with E-state index >= 15 is 0 Å². The SMILES string of the molecule is O=C(c1cc(Cl)ccc1F)N(CCO)CC1CCCN1. The minimum atomic E-state index is -0.596. The van der Waals surface area contributed by atoms with Crippen molar-refractivity contribution in [2.75, 3.05) is 26.2 Å². The zero-order valence-electron chi connectivity index (χ0n) is 11.1. The van der Waals surface area contributed by atoms with Gasteiger partial charge in [0, 0.05) is 24.2 Å². The van der Waals surface area contributed by atoms with E-state index < -0.39 is 11.7 Å². The summed E-state index contributed by atoms with van der Waals surface area (Å²) in [5.74, 6) is -1.03. The van der Waals surface area contributed by atoms with Crippen molar-refractivity contribution in [2.24, 2.45) is 0 Å². The van der Waals surface area contributed by atoms with Crippen LogP contribution in [0.25, 0.3) is 0 Å². The van der Waals surface area contributed by atoms with Crippen LogP contribution in [-0.4, -0.2) is 48.2 Å². The van der Waals surface area contributed by atoms with Crippen LogP contribution in [0.3, 0.4) is 0 Å². The van der Waals surface area contributed by atoms with E-state index in [1.807, 2.05) is 0 Å². The normalized spacial score (nSPS) is 18.2.